The van der Waals surface area contributed by atoms with Crippen molar-refractivity contribution in [2.75, 3.05) is 19.5 Å². The van der Waals surface area contributed by atoms with Crippen LogP contribution < -0.4 is 14.8 Å². The lowest BCUT2D eigenvalue weighted by Crippen LogP contribution is -2.34. The maximum Gasteiger partial charge on any atom is 0.227 e. The SMILES string of the molecule is COc1ccc(OC)c(CN(C(=O)Cc2ccc(NC(C)=O)cc2)C2CC2)c1. The average Bonchev–Trinajstić information content (AvgIpc) is 3.52. The molecule has 1 aliphatic carbocycles. The number of methoxy groups -OCH3 is 2. The molecule has 6 nitrogen and oxygen atoms in total. The highest BCUT2D eigenvalue weighted by molar-refractivity contribution is 5.88. The molecule has 0 heterocycles. The monoisotopic (exact) mass is 382 g/mol. The molecule has 1 saturated carbocycles. The molecular formula is C22H26N2O4. The van der Waals surface area contributed by atoms with E-state index in [0.717, 1.165) is 41.2 Å². The summed E-state index contributed by atoms with van der Waals surface area (Å²) in [5.41, 5.74) is 2.58. The highest BCUT2D eigenvalue weighted by Crippen LogP contribution is 2.32. The summed E-state index contributed by atoms with van der Waals surface area (Å²) in [5, 5.41) is 2.73. The zero-order chi connectivity index (χ0) is 20.1. The van der Waals surface area contributed by atoms with Gasteiger partial charge in [0.1, 0.15) is 11.5 Å². The number of hydrogen-bond acceptors (Lipinski definition) is 4. The van der Waals surface area contributed by atoms with Crippen LogP contribution in [0.3, 0.4) is 0 Å². The molecule has 2 amide bonds. The van der Waals surface area contributed by atoms with E-state index in [1.165, 1.54) is 6.92 Å². The van der Waals surface area contributed by atoms with E-state index in [9.17, 15) is 9.59 Å². The fraction of sp³-hybridized carbons (Fsp3) is 0.364. The van der Waals surface area contributed by atoms with Crippen LogP contribution in [0.4, 0.5) is 5.69 Å². The molecule has 1 N–H and O–H groups in total. The average molecular weight is 382 g/mol. The quantitative estimate of drug-likeness (QED) is 0.760. The van der Waals surface area contributed by atoms with E-state index in [1.54, 1.807) is 14.2 Å². The van der Waals surface area contributed by atoms with Gasteiger partial charge in [-0.2, -0.15) is 0 Å². The molecule has 148 valence electrons. The number of rotatable bonds is 8. The minimum absolute atomic E-state index is 0.0830. The van der Waals surface area contributed by atoms with Crippen molar-refractivity contribution in [2.45, 2.75) is 38.8 Å². The molecule has 0 unspecified atom stereocenters. The van der Waals surface area contributed by atoms with Crippen LogP contribution in [0.5, 0.6) is 11.5 Å². The molecule has 0 bridgehead atoms. The van der Waals surface area contributed by atoms with Crippen molar-refractivity contribution in [1.29, 1.82) is 0 Å². The van der Waals surface area contributed by atoms with Gasteiger partial charge >= 0.3 is 0 Å². The van der Waals surface area contributed by atoms with E-state index in [0.29, 0.717) is 13.0 Å². The molecule has 2 aromatic carbocycles. The van der Waals surface area contributed by atoms with Crippen LogP contribution in [0.15, 0.2) is 42.5 Å². The molecule has 0 aromatic heterocycles. The van der Waals surface area contributed by atoms with Crippen molar-refractivity contribution in [2.24, 2.45) is 0 Å². The minimum Gasteiger partial charge on any atom is -0.497 e. The Bertz CT molecular complexity index is 844. The van der Waals surface area contributed by atoms with Crippen LogP contribution in [0.25, 0.3) is 0 Å². The van der Waals surface area contributed by atoms with E-state index >= 15 is 0 Å². The number of anilines is 1. The minimum atomic E-state index is -0.115. The third kappa shape index (κ3) is 5.03. The first-order chi connectivity index (χ1) is 13.5. The van der Waals surface area contributed by atoms with Crippen molar-refractivity contribution in [3.05, 3.63) is 53.6 Å². The number of carbonyl (C=O) groups excluding carboxylic acids is 2. The van der Waals surface area contributed by atoms with Gasteiger partial charge in [-0.3, -0.25) is 9.59 Å². The van der Waals surface area contributed by atoms with Gasteiger partial charge in [0.2, 0.25) is 11.8 Å². The lowest BCUT2D eigenvalue weighted by molar-refractivity contribution is -0.131. The van der Waals surface area contributed by atoms with Gasteiger partial charge in [0, 0.05) is 30.8 Å². The van der Waals surface area contributed by atoms with E-state index < -0.39 is 0 Å². The number of amides is 2. The summed E-state index contributed by atoms with van der Waals surface area (Å²) in [5.74, 6) is 1.46. The van der Waals surface area contributed by atoms with Crippen LogP contribution in [-0.4, -0.2) is 37.0 Å². The third-order valence-electron chi connectivity index (χ3n) is 4.77. The van der Waals surface area contributed by atoms with Gasteiger partial charge in [0.25, 0.3) is 0 Å². The van der Waals surface area contributed by atoms with Gasteiger partial charge in [-0.1, -0.05) is 12.1 Å². The van der Waals surface area contributed by atoms with Crippen molar-refractivity contribution >= 4 is 17.5 Å². The number of nitrogens with one attached hydrogen (secondary N) is 1. The Morgan fingerprint density at radius 2 is 1.79 bits per heavy atom. The van der Waals surface area contributed by atoms with Crippen LogP contribution in [0.2, 0.25) is 0 Å². The second kappa shape index (κ2) is 8.78. The molecule has 3 rings (SSSR count). The van der Waals surface area contributed by atoms with Gasteiger partial charge in [-0.25, -0.2) is 0 Å². The molecule has 1 fully saturated rings. The van der Waals surface area contributed by atoms with Gasteiger partial charge in [0.15, 0.2) is 0 Å². The first-order valence-corrected chi connectivity index (χ1v) is 9.37. The largest absolute Gasteiger partial charge is 0.497 e. The van der Waals surface area contributed by atoms with Crippen LogP contribution in [0.1, 0.15) is 30.9 Å². The van der Waals surface area contributed by atoms with Gasteiger partial charge in [0.05, 0.1) is 20.6 Å². The summed E-state index contributed by atoms with van der Waals surface area (Å²) in [6.07, 6.45) is 2.38. The molecule has 0 aliphatic heterocycles. The Kier molecular flexibility index (Phi) is 6.19. The normalized spacial score (nSPS) is 13.0. The number of hydrogen-bond donors (Lipinski definition) is 1. The molecule has 1 aliphatic rings. The Morgan fingerprint density at radius 1 is 1.07 bits per heavy atom. The molecule has 0 spiro atoms. The molecule has 0 saturated heterocycles. The standard InChI is InChI=1S/C22H26N2O4/c1-15(25)23-18-6-4-16(5-7-18)12-22(26)24(19-8-9-19)14-17-13-20(27-2)10-11-21(17)28-3/h4-7,10-11,13,19H,8-9,12,14H2,1-3H3,(H,23,25). The van der Waals surface area contributed by atoms with Crippen LogP contribution >= 0.6 is 0 Å². The summed E-state index contributed by atoms with van der Waals surface area (Å²) >= 11 is 0. The van der Waals surface area contributed by atoms with E-state index in [2.05, 4.69) is 5.32 Å². The number of carbonyl (C=O) groups is 2. The number of nitrogens with zero attached hydrogens (tertiary/aromatic N) is 1. The molecule has 28 heavy (non-hydrogen) atoms. The highest BCUT2D eigenvalue weighted by atomic mass is 16.5. The first-order valence-electron chi connectivity index (χ1n) is 9.37. The molecular weight excluding hydrogens is 356 g/mol. The topological polar surface area (TPSA) is 67.9 Å². The lowest BCUT2D eigenvalue weighted by Gasteiger charge is -2.24. The lowest BCUT2D eigenvalue weighted by atomic mass is 10.1. The van der Waals surface area contributed by atoms with Crippen LogP contribution in [-0.2, 0) is 22.6 Å². The van der Waals surface area contributed by atoms with Crippen molar-refractivity contribution in [3.8, 4) is 11.5 Å². The van der Waals surface area contributed by atoms with Gasteiger partial charge in [-0.15, -0.1) is 0 Å². The van der Waals surface area contributed by atoms with Crippen LogP contribution in [0, 0.1) is 0 Å². The van der Waals surface area contributed by atoms with Crippen molar-refractivity contribution in [1.82, 2.24) is 4.90 Å². The smallest absolute Gasteiger partial charge is 0.227 e. The highest BCUT2D eigenvalue weighted by Gasteiger charge is 2.33. The summed E-state index contributed by atoms with van der Waals surface area (Å²) in [7, 11) is 3.26. The second-order valence-electron chi connectivity index (χ2n) is 6.99. The van der Waals surface area contributed by atoms with E-state index in [1.807, 2.05) is 47.4 Å². The maximum absolute atomic E-state index is 13.0. The van der Waals surface area contributed by atoms with Gasteiger partial charge in [-0.05, 0) is 48.7 Å². The predicted molar refractivity (Wildman–Crippen MR) is 108 cm³/mol. The summed E-state index contributed by atoms with van der Waals surface area (Å²) in [6, 6.07) is 13.3. The van der Waals surface area contributed by atoms with E-state index in [-0.39, 0.29) is 17.9 Å². The maximum atomic E-state index is 13.0. The summed E-state index contributed by atoms with van der Waals surface area (Å²) in [6.45, 7) is 1.96. The Hall–Kier alpha value is -3.02. The zero-order valence-corrected chi connectivity index (χ0v) is 16.5. The number of ether oxygens (including phenoxy) is 2. The summed E-state index contributed by atoms with van der Waals surface area (Å²) < 4.78 is 10.8. The van der Waals surface area contributed by atoms with Crippen molar-refractivity contribution in [3.63, 3.8) is 0 Å². The Morgan fingerprint density at radius 3 is 2.36 bits per heavy atom. The second-order valence-corrected chi connectivity index (χ2v) is 6.99. The first kappa shape index (κ1) is 19.7. The zero-order valence-electron chi connectivity index (χ0n) is 16.5. The Labute approximate surface area is 165 Å². The fourth-order valence-corrected chi connectivity index (χ4v) is 3.18. The fourth-order valence-electron chi connectivity index (χ4n) is 3.18. The predicted octanol–water partition coefficient (Wildman–Crippen LogP) is 3.40. The molecule has 0 atom stereocenters. The summed E-state index contributed by atoms with van der Waals surface area (Å²) in [4.78, 5) is 26.1. The van der Waals surface area contributed by atoms with Crippen molar-refractivity contribution < 1.29 is 19.1 Å². The van der Waals surface area contributed by atoms with E-state index in [4.69, 9.17) is 9.47 Å². The molecule has 6 heteroatoms. The Balaban J connectivity index is 1.72. The third-order valence-corrected chi connectivity index (χ3v) is 4.77. The van der Waals surface area contributed by atoms with Gasteiger partial charge < -0.3 is 19.7 Å². The number of benzene rings is 2. The molecule has 0 radical (unpaired) electrons. The molecule has 2 aromatic rings.